The van der Waals surface area contributed by atoms with Crippen LogP contribution in [0.2, 0.25) is 5.02 Å². The van der Waals surface area contributed by atoms with Crippen LogP contribution in [0.15, 0.2) is 30.6 Å². The molecule has 0 amide bonds. The topological polar surface area (TPSA) is 29.9 Å². The highest BCUT2D eigenvalue weighted by Crippen LogP contribution is 2.21. The first-order chi connectivity index (χ1) is 8.22. The SMILES string of the molecule is CCNCc1ccc(Cl)cc1-n1ccnc1C. The Morgan fingerprint density at radius 1 is 1.41 bits per heavy atom. The van der Waals surface area contributed by atoms with Crippen molar-refractivity contribution >= 4 is 11.6 Å². The minimum Gasteiger partial charge on any atom is -0.313 e. The van der Waals surface area contributed by atoms with Gasteiger partial charge in [-0.05, 0) is 31.2 Å². The van der Waals surface area contributed by atoms with E-state index in [2.05, 4.69) is 27.9 Å². The van der Waals surface area contributed by atoms with Gasteiger partial charge in [0.1, 0.15) is 5.82 Å². The number of aryl methyl sites for hydroxylation is 1. The van der Waals surface area contributed by atoms with Crippen LogP contribution < -0.4 is 5.32 Å². The molecule has 0 saturated carbocycles. The van der Waals surface area contributed by atoms with Gasteiger partial charge in [0.25, 0.3) is 0 Å². The third-order valence-corrected chi connectivity index (χ3v) is 2.93. The second kappa shape index (κ2) is 5.34. The Bertz CT molecular complexity index is 505. The molecule has 0 saturated heterocycles. The fraction of sp³-hybridized carbons (Fsp3) is 0.308. The van der Waals surface area contributed by atoms with E-state index < -0.39 is 0 Å². The Kier molecular flexibility index (Phi) is 3.82. The maximum Gasteiger partial charge on any atom is 0.110 e. The van der Waals surface area contributed by atoms with Crippen LogP contribution in [0.5, 0.6) is 0 Å². The molecule has 0 radical (unpaired) electrons. The molecule has 0 aliphatic heterocycles. The molecular formula is C13H16ClN3. The van der Waals surface area contributed by atoms with Gasteiger partial charge in [-0.15, -0.1) is 0 Å². The minimum atomic E-state index is 0.744. The van der Waals surface area contributed by atoms with Crippen molar-refractivity contribution in [1.82, 2.24) is 14.9 Å². The van der Waals surface area contributed by atoms with E-state index in [1.54, 1.807) is 6.20 Å². The van der Waals surface area contributed by atoms with E-state index in [1.807, 2.05) is 25.3 Å². The van der Waals surface area contributed by atoms with Gasteiger partial charge in [-0.1, -0.05) is 24.6 Å². The number of nitrogens with one attached hydrogen (secondary N) is 1. The van der Waals surface area contributed by atoms with Gasteiger partial charge >= 0.3 is 0 Å². The largest absolute Gasteiger partial charge is 0.313 e. The Morgan fingerprint density at radius 3 is 2.88 bits per heavy atom. The number of halogens is 1. The molecule has 90 valence electrons. The molecule has 0 atom stereocenters. The first kappa shape index (κ1) is 12.1. The minimum absolute atomic E-state index is 0.744. The number of hydrogen-bond acceptors (Lipinski definition) is 2. The summed E-state index contributed by atoms with van der Waals surface area (Å²) in [5, 5.41) is 4.07. The highest BCUT2D eigenvalue weighted by molar-refractivity contribution is 6.30. The van der Waals surface area contributed by atoms with Crippen molar-refractivity contribution in [3.8, 4) is 5.69 Å². The standard InChI is InChI=1S/C13H16ClN3/c1-3-15-9-11-4-5-12(14)8-13(11)17-7-6-16-10(17)2/h4-8,15H,3,9H2,1-2H3. The van der Waals surface area contributed by atoms with Gasteiger partial charge in [-0.2, -0.15) is 0 Å². The van der Waals surface area contributed by atoms with Crippen LogP contribution in [-0.4, -0.2) is 16.1 Å². The molecule has 1 aromatic heterocycles. The Balaban J connectivity index is 2.43. The number of aromatic nitrogens is 2. The van der Waals surface area contributed by atoms with Crippen LogP contribution >= 0.6 is 11.6 Å². The predicted octanol–water partition coefficient (Wildman–Crippen LogP) is 2.94. The number of hydrogen-bond donors (Lipinski definition) is 1. The lowest BCUT2D eigenvalue weighted by Crippen LogP contribution is -2.14. The Hall–Kier alpha value is -1.32. The highest BCUT2D eigenvalue weighted by Gasteiger charge is 2.07. The predicted molar refractivity (Wildman–Crippen MR) is 70.7 cm³/mol. The maximum atomic E-state index is 6.07. The van der Waals surface area contributed by atoms with Crippen molar-refractivity contribution in [3.05, 3.63) is 47.0 Å². The summed E-state index contributed by atoms with van der Waals surface area (Å²) in [5.41, 5.74) is 2.31. The van der Waals surface area contributed by atoms with E-state index in [0.29, 0.717) is 0 Å². The van der Waals surface area contributed by atoms with Crippen molar-refractivity contribution in [2.45, 2.75) is 20.4 Å². The summed E-state index contributed by atoms with van der Waals surface area (Å²) in [4.78, 5) is 4.24. The molecule has 4 heteroatoms. The smallest absolute Gasteiger partial charge is 0.110 e. The molecule has 1 aromatic carbocycles. The summed E-state index contributed by atoms with van der Waals surface area (Å²) in [6, 6.07) is 5.95. The van der Waals surface area contributed by atoms with Gasteiger partial charge in [0.15, 0.2) is 0 Å². The van der Waals surface area contributed by atoms with E-state index in [4.69, 9.17) is 11.6 Å². The number of benzene rings is 1. The van der Waals surface area contributed by atoms with Crippen molar-refractivity contribution in [1.29, 1.82) is 0 Å². The molecular weight excluding hydrogens is 234 g/mol. The van der Waals surface area contributed by atoms with E-state index >= 15 is 0 Å². The van der Waals surface area contributed by atoms with E-state index in [-0.39, 0.29) is 0 Å². The first-order valence-electron chi connectivity index (χ1n) is 5.72. The van der Waals surface area contributed by atoms with Crippen molar-refractivity contribution in [3.63, 3.8) is 0 Å². The molecule has 2 rings (SSSR count). The first-order valence-corrected chi connectivity index (χ1v) is 6.09. The van der Waals surface area contributed by atoms with Crippen molar-refractivity contribution in [2.24, 2.45) is 0 Å². The van der Waals surface area contributed by atoms with Crippen LogP contribution in [0.25, 0.3) is 5.69 Å². The number of imidazole rings is 1. The molecule has 3 nitrogen and oxygen atoms in total. The van der Waals surface area contributed by atoms with E-state index in [1.165, 1.54) is 5.56 Å². The van der Waals surface area contributed by atoms with Crippen molar-refractivity contribution in [2.75, 3.05) is 6.54 Å². The Morgan fingerprint density at radius 2 is 2.24 bits per heavy atom. The lowest BCUT2D eigenvalue weighted by molar-refractivity contribution is 0.721. The summed E-state index contributed by atoms with van der Waals surface area (Å²) in [5.74, 6) is 0.963. The molecule has 1 heterocycles. The van der Waals surface area contributed by atoms with Crippen LogP contribution in [0.3, 0.4) is 0 Å². The fourth-order valence-electron chi connectivity index (χ4n) is 1.80. The third-order valence-electron chi connectivity index (χ3n) is 2.70. The zero-order valence-corrected chi connectivity index (χ0v) is 10.8. The second-order valence-electron chi connectivity index (χ2n) is 3.90. The average molecular weight is 250 g/mol. The zero-order valence-electron chi connectivity index (χ0n) is 10.1. The van der Waals surface area contributed by atoms with E-state index in [0.717, 1.165) is 29.6 Å². The fourth-order valence-corrected chi connectivity index (χ4v) is 1.97. The number of nitrogens with zero attached hydrogens (tertiary/aromatic N) is 2. The van der Waals surface area contributed by atoms with Crippen LogP contribution in [0, 0.1) is 6.92 Å². The zero-order chi connectivity index (χ0) is 12.3. The molecule has 0 unspecified atom stereocenters. The summed E-state index contributed by atoms with van der Waals surface area (Å²) in [7, 11) is 0. The summed E-state index contributed by atoms with van der Waals surface area (Å²) < 4.78 is 2.05. The molecule has 0 aliphatic rings. The summed E-state index contributed by atoms with van der Waals surface area (Å²) in [6.07, 6.45) is 3.75. The van der Waals surface area contributed by atoms with Crippen molar-refractivity contribution < 1.29 is 0 Å². The molecule has 1 N–H and O–H groups in total. The Labute approximate surface area is 106 Å². The van der Waals surface area contributed by atoms with Crippen LogP contribution in [0.1, 0.15) is 18.3 Å². The van der Waals surface area contributed by atoms with Gasteiger partial charge in [0.2, 0.25) is 0 Å². The molecule has 0 aliphatic carbocycles. The highest BCUT2D eigenvalue weighted by atomic mass is 35.5. The van der Waals surface area contributed by atoms with Crippen LogP contribution in [-0.2, 0) is 6.54 Å². The van der Waals surface area contributed by atoms with Gasteiger partial charge < -0.3 is 9.88 Å². The quantitative estimate of drug-likeness (QED) is 0.903. The summed E-state index contributed by atoms with van der Waals surface area (Å²) >= 11 is 6.07. The molecule has 0 spiro atoms. The van der Waals surface area contributed by atoms with E-state index in [9.17, 15) is 0 Å². The lowest BCUT2D eigenvalue weighted by Gasteiger charge is -2.12. The molecule has 0 bridgehead atoms. The third kappa shape index (κ3) is 2.68. The van der Waals surface area contributed by atoms with Gasteiger partial charge in [-0.25, -0.2) is 4.98 Å². The van der Waals surface area contributed by atoms with Gasteiger partial charge in [0.05, 0.1) is 5.69 Å². The monoisotopic (exact) mass is 249 g/mol. The second-order valence-corrected chi connectivity index (χ2v) is 4.33. The normalized spacial score (nSPS) is 10.8. The lowest BCUT2D eigenvalue weighted by atomic mass is 10.1. The van der Waals surface area contributed by atoms with Gasteiger partial charge in [-0.3, -0.25) is 0 Å². The number of rotatable bonds is 4. The average Bonchev–Trinajstić information content (AvgIpc) is 2.74. The van der Waals surface area contributed by atoms with Gasteiger partial charge in [0, 0.05) is 24.0 Å². The molecule has 17 heavy (non-hydrogen) atoms. The maximum absolute atomic E-state index is 6.07. The molecule has 2 aromatic rings. The van der Waals surface area contributed by atoms with Crippen LogP contribution in [0.4, 0.5) is 0 Å². The molecule has 0 fully saturated rings. The summed E-state index contributed by atoms with van der Waals surface area (Å²) in [6.45, 7) is 5.86.